The zero-order chi connectivity index (χ0) is 19.2. The van der Waals surface area contributed by atoms with Gasteiger partial charge in [-0.05, 0) is 55.8 Å². The molecule has 0 saturated heterocycles. The first-order valence-electron chi connectivity index (χ1n) is 8.59. The van der Waals surface area contributed by atoms with Crippen LogP contribution in [0.1, 0.15) is 28.5 Å². The summed E-state index contributed by atoms with van der Waals surface area (Å²) in [6, 6.07) is 18.5. The largest absolute Gasteiger partial charge is 0.324 e. The fraction of sp³-hybridized carbons (Fsp3) is 0.143. The Bertz CT molecular complexity index is 1010. The first-order chi connectivity index (χ1) is 13.1. The average molecular weight is 357 g/mol. The van der Waals surface area contributed by atoms with Crippen LogP contribution in [0, 0.1) is 18.3 Å². The molecule has 1 amide bonds. The number of hydrogen-bond donors (Lipinski definition) is 1. The van der Waals surface area contributed by atoms with Crippen molar-refractivity contribution in [3.8, 4) is 6.07 Å². The molecule has 6 nitrogen and oxygen atoms in total. The van der Waals surface area contributed by atoms with E-state index in [9.17, 15) is 4.79 Å². The van der Waals surface area contributed by atoms with E-state index in [4.69, 9.17) is 5.26 Å². The van der Waals surface area contributed by atoms with Crippen LogP contribution >= 0.6 is 0 Å². The van der Waals surface area contributed by atoms with Gasteiger partial charge in [0, 0.05) is 24.1 Å². The highest BCUT2D eigenvalue weighted by atomic mass is 16.2. The molecule has 0 spiro atoms. The molecule has 0 aliphatic carbocycles. The summed E-state index contributed by atoms with van der Waals surface area (Å²) in [5.41, 5.74) is 3.43. The quantitative estimate of drug-likeness (QED) is 0.744. The Hall–Kier alpha value is -3.72. The van der Waals surface area contributed by atoms with Gasteiger partial charge in [0.15, 0.2) is 0 Å². The molecule has 1 heterocycles. The molecule has 0 aliphatic rings. The minimum absolute atomic E-state index is 0.195. The molecule has 0 bridgehead atoms. The second-order valence-electron chi connectivity index (χ2n) is 5.97. The lowest BCUT2D eigenvalue weighted by atomic mass is 10.2. The van der Waals surface area contributed by atoms with E-state index in [1.165, 1.54) is 0 Å². The maximum Gasteiger partial charge on any atom is 0.277 e. The number of anilines is 3. The number of carbonyl (C=O) groups is 1. The Morgan fingerprint density at radius 2 is 2.00 bits per heavy atom. The zero-order valence-electron chi connectivity index (χ0n) is 15.2. The SMILES string of the molecule is CCN(C(=O)c1ccnc(Nc2cccc(C#N)c2)n1)c1cccc(C)c1. The summed E-state index contributed by atoms with van der Waals surface area (Å²) in [6.45, 7) is 4.44. The Morgan fingerprint density at radius 3 is 2.74 bits per heavy atom. The minimum Gasteiger partial charge on any atom is -0.324 e. The topological polar surface area (TPSA) is 81.9 Å². The molecule has 1 aromatic heterocycles. The number of nitrogens with one attached hydrogen (secondary N) is 1. The first-order valence-corrected chi connectivity index (χ1v) is 8.59. The standard InChI is InChI=1S/C21H19N5O/c1-3-26(18-9-4-6-15(2)12-18)20(27)19-10-11-23-21(25-19)24-17-8-5-7-16(13-17)14-22/h4-13H,3H2,1-2H3,(H,23,24,25). The summed E-state index contributed by atoms with van der Waals surface area (Å²) < 4.78 is 0. The van der Waals surface area contributed by atoms with E-state index in [0.29, 0.717) is 29.4 Å². The maximum absolute atomic E-state index is 13.0. The smallest absolute Gasteiger partial charge is 0.277 e. The molecule has 0 saturated carbocycles. The molecule has 0 aliphatic heterocycles. The van der Waals surface area contributed by atoms with E-state index in [-0.39, 0.29) is 5.91 Å². The van der Waals surface area contributed by atoms with Crippen molar-refractivity contribution < 1.29 is 4.79 Å². The average Bonchev–Trinajstić information content (AvgIpc) is 2.69. The van der Waals surface area contributed by atoms with E-state index in [0.717, 1.165) is 11.3 Å². The Morgan fingerprint density at radius 1 is 1.19 bits per heavy atom. The Kier molecular flexibility index (Phi) is 5.43. The summed E-state index contributed by atoms with van der Waals surface area (Å²) in [4.78, 5) is 23.1. The van der Waals surface area contributed by atoms with Crippen LogP contribution in [0.25, 0.3) is 0 Å². The molecular formula is C21H19N5O. The third-order valence-electron chi connectivity index (χ3n) is 4.00. The van der Waals surface area contributed by atoms with Gasteiger partial charge in [-0.2, -0.15) is 5.26 Å². The molecule has 6 heteroatoms. The van der Waals surface area contributed by atoms with Crippen molar-refractivity contribution in [1.82, 2.24) is 9.97 Å². The number of nitriles is 1. The van der Waals surface area contributed by atoms with Gasteiger partial charge >= 0.3 is 0 Å². The molecule has 1 N–H and O–H groups in total. The van der Waals surface area contributed by atoms with Crippen LogP contribution in [0.2, 0.25) is 0 Å². The lowest BCUT2D eigenvalue weighted by Gasteiger charge is -2.21. The van der Waals surface area contributed by atoms with Crippen molar-refractivity contribution in [3.05, 3.63) is 77.6 Å². The van der Waals surface area contributed by atoms with E-state index in [1.54, 1.807) is 35.4 Å². The molecular weight excluding hydrogens is 338 g/mol. The summed E-state index contributed by atoms with van der Waals surface area (Å²) in [5, 5.41) is 12.0. The highest BCUT2D eigenvalue weighted by molar-refractivity contribution is 6.04. The van der Waals surface area contributed by atoms with Gasteiger partial charge in [0.2, 0.25) is 5.95 Å². The number of aromatic nitrogens is 2. The van der Waals surface area contributed by atoms with E-state index >= 15 is 0 Å². The number of aryl methyl sites for hydroxylation is 1. The van der Waals surface area contributed by atoms with Crippen molar-refractivity contribution in [2.75, 3.05) is 16.8 Å². The summed E-state index contributed by atoms with van der Waals surface area (Å²) >= 11 is 0. The number of hydrogen-bond acceptors (Lipinski definition) is 5. The van der Waals surface area contributed by atoms with Gasteiger partial charge in [0.1, 0.15) is 5.69 Å². The normalized spacial score (nSPS) is 10.1. The van der Waals surface area contributed by atoms with Crippen molar-refractivity contribution >= 4 is 23.2 Å². The van der Waals surface area contributed by atoms with Gasteiger partial charge in [-0.1, -0.05) is 18.2 Å². The van der Waals surface area contributed by atoms with Crippen molar-refractivity contribution in [2.24, 2.45) is 0 Å². The summed E-state index contributed by atoms with van der Waals surface area (Å²) in [7, 11) is 0. The van der Waals surface area contributed by atoms with Crippen LogP contribution in [0.4, 0.5) is 17.3 Å². The Balaban J connectivity index is 1.85. The lowest BCUT2D eigenvalue weighted by Crippen LogP contribution is -2.31. The van der Waals surface area contributed by atoms with Gasteiger partial charge < -0.3 is 10.2 Å². The van der Waals surface area contributed by atoms with E-state index < -0.39 is 0 Å². The number of nitrogens with zero attached hydrogens (tertiary/aromatic N) is 4. The van der Waals surface area contributed by atoms with Crippen LogP contribution in [-0.4, -0.2) is 22.4 Å². The highest BCUT2D eigenvalue weighted by Gasteiger charge is 2.18. The van der Waals surface area contributed by atoms with Crippen LogP contribution in [0.3, 0.4) is 0 Å². The highest BCUT2D eigenvalue weighted by Crippen LogP contribution is 2.19. The van der Waals surface area contributed by atoms with Crippen LogP contribution in [0.5, 0.6) is 0 Å². The van der Waals surface area contributed by atoms with Gasteiger partial charge in [-0.3, -0.25) is 4.79 Å². The second kappa shape index (κ2) is 8.11. The zero-order valence-corrected chi connectivity index (χ0v) is 15.2. The third-order valence-corrected chi connectivity index (χ3v) is 4.00. The third kappa shape index (κ3) is 4.28. The number of rotatable bonds is 5. The predicted octanol–water partition coefficient (Wildman–Crippen LogP) is 4.07. The van der Waals surface area contributed by atoms with Crippen LogP contribution < -0.4 is 10.2 Å². The van der Waals surface area contributed by atoms with Crippen LogP contribution in [0.15, 0.2) is 60.8 Å². The van der Waals surface area contributed by atoms with Gasteiger partial charge in [0.25, 0.3) is 5.91 Å². The van der Waals surface area contributed by atoms with Crippen molar-refractivity contribution in [2.45, 2.75) is 13.8 Å². The molecule has 3 rings (SSSR count). The molecule has 0 fully saturated rings. The fourth-order valence-corrected chi connectivity index (χ4v) is 2.71. The fourth-order valence-electron chi connectivity index (χ4n) is 2.71. The van der Waals surface area contributed by atoms with Gasteiger partial charge in [0.05, 0.1) is 11.6 Å². The van der Waals surface area contributed by atoms with E-state index in [2.05, 4.69) is 21.4 Å². The molecule has 2 aromatic carbocycles. The minimum atomic E-state index is -0.195. The molecule has 0 unspecified atom stereocenters. The molecule has 0 radical (unpaired) electrons. The van der Waals surface area contributed by atoms with Crippen molar-refractivity contribution in [1.29, 1.82) is 5.26 Å². The molecule has 27 heavy (non-hydrogen) atoms. The Labute approximate surface area is 158 Å². The maximum atomic E-state index is 13.0. The lowest BCUT2D eigenvalue weighted by molar-refractivity contribution is 0.0983. The summed E-state index contributed by atoms with van der Waals surface area (Å²) in [6.07, 6.45) is 1.54. The van der Waals surface area contributed by atoms with Crippen LogP contribution in [-0.2, 0) is 0 Å². The van der Waals surface area contributed by atoms with Crippen molar-refractivity contribution in [3.63, 3.8) is 0 Å². The van der Waals surface area contributed by atoms with Gasteiger partial charge in [-0.25, -0.2) is 9.97 Å². The summed E-state index contributed by atoms with van der Waals surface area (Å²) in [5.74, 6) is 0.107. The molecule has 134 valence electrons. The van der Waals surface area contributed by atoms with E-state index in [1.807, 2.05) is 44.2 Å². The first kappa shape index (κ1) is 18.1. The second-order valence-corrected chi connectivity index (χ2v) is 5.97. The number of carbonyl (C=O) groups excluding carboxylic acids is 1. The number of benzene rings is 2. The predicted molar refractivity (Wildman–Crippen MR) is 105 cm³/mol. The monoisotopic (exact) mass is 357 g/mol. The number of amides is 1. The molecule has 3 aromatic rings. The molecule has 0 atom stereocenters. The van der Waals surface area contributed by atoms with Gasteiger partial charge in [-0.15, -0.1) is 0 Å².